The molecule has 54 valence electrons. The first kappa shape index (κ1) is 9.24. The fourth-order valence-electron chi connectivity index (χ4n) is 0.479. The normalized spacial score (nSPS) is 17.3. The zero-order valence-electron chi connectivity index (χ0n) is 5.94. The Kier molecular flexibility index (Phi) is 6.53. The van der Waals surface area contributed by atoms with E-state index in [1.165, 1.54) is 5.75 Å². The number of thiocarbonyl (C=S) groups is 1. The Bertz CT molecular complexity index is 75.1. The van der Waals surface area contributed by atoms with Crippen LogP contribution in [0.25, 0.3) is 0 Å². The summed E-state index contributed by atoms with van der Waals surface area (Å²) in [4.78, 5) is 1.01. The average Bonchev–Trinajstić information content (AvgIpc) is 1.94. The fraction of sp³-hybridized carbons (Fsp3) is 0.833. The van der Waals surface area contributed by atoms with Crippen LogP contribution >= 0.6 is 24.0 Å². The van der Waals surface area contributed by atoms with Crippen molar-refractivity contribution >= 4 is 29.0 Å². The summed E-state index contributed by atoms with van der Waals surface area (Å²) < 4.78 is 0. The van der Waals surface area contributed by atoms with Crippen molar-refractivity contribution in [1.82, 2.24) is 5.32 Å². The first-order valence-corrected chi connectivity index (χ1v) is 4.80. The monoisotopic (exact) mass is 163 g/mol. The molecule has 1 heterocycles. The second kappa shape index (κ2) is 6.36. The minimum atomic E-state index is 1.01. The summed E-state index contributed by atoms with van der Waals surface area (Å²) in [5.41, 5.74) is 0. The maximum atomic E-state index is 4.87. The Morgan fingerprint density at radius 2 is 2.22 bits per heavy atom. The highest BCUT2D eigenvalue weighted by molar-refractivity contribution is 8.01. The molecule has 0 unspecified atom stereocenters. The topological polar surface area (TPSA) is 12.0 Å². The summed E-state index contributed by atoms with van der Waals surface area (Å²) in [6, 6.07) is 0. The number of thioether (sulfide) groups is 1. The quantitative estimate of drug-likeness (QED) is 0.546. The predicted molar refractivity (Wildman–Crippen MR) is 49.3 cm³/mol. The van der Waals surface area contributed by atoms with Crippen LogP contribution in [0.1, 0.15) is 13.8 Å². The summed E-state index contributed by atoms with van der Waals surface area (Å²) in [7, 11) is 0. The molecular formula is C6H13NS2. The smallest absolute Gasteiger partial charge is 0.0854 e. The molecule has 1 rings (SSSR count). The third-order valence-electron chi connectivity index (χ3n) is 0.802. The van der Waals surface area contributed by atoms with E-state index in [4.69, 9.17) is 12.2 Å². The lowest BCUT2D eigenvalue weighted by atomic mass is 10.6. The highest BCUT2D eigenvalue weighted by atomic mass is 32.2. The molecule has 1 aliphatic rings. The lowest BCUT2D eigenvalue weighted by Crippen LogP contribution is -2.30. The lowest BCUT2D eigenvalue weighted by molar-refractivity contribution is 0.977. The van der Waals surface area contributed by atoms with Crippen LogP contribution in [0.15, 0.2) is 0 Å². The number of rotatable bonds is 0. The number of hydrogen-bond acceptors (Lipinski definition) is 2. The maximum Gasteiger partial charge on any atom is 0.0854 e. The van der Waals surface area contributed by atoms with Gasteiger partial charge in [-0.3, -0.25) is 0 Å². The molecule has 3 heteroatoms. The number of hydrogen-bond donors (Lipinski definition) is 1. The van der Waals surface area contributed by atoms with Crippen molar-refractivity contribution in [2.24, 2.45) is 0 Å². The van der Waals surface area contributed by atoms with Gasteiger partial charge in [-0.25, -0.2) is 0 Å². The van der Waals surface area contributed by atoms with Crippen molar-refractivity contribution in [3.8, 4) is 0 Å². The van der Waals surface area contributed by atoms with Gasteiger partial charge in [0.1, 0.15) is 0 Å². The molecule has 1 N–H and O–H groups in total. The molecule has 9 heavy (non-hydrogen) atoms. The first-order chi connectivity index (χ1) is 4.39. The van der Waals surface area contributed by atoms with Crippen LogP contribution in [-0.2, 0) is 0 Å². The van der Waals surface area contributed by atoms with E-state index in [9.17, 15) is 0 Å². The van der Waals surface area contributed by atoms with E-state index in [1.54, 1.807) is 0 Å². The Hall–Kier alpha value is 0.240. The van der Waals surface area contributed by atoms with Gasteiger partial charge in [-0.2, -0.15) is 11.8 Å². The van der Waals surface area contributed by atoms with Crippen molar-refractivity contribution in [3.63, 3.8) is 0 Å². The van der Waals surface area contributed by atoms with Gasteiger partial charge in [0.15, 0.2) is 0 Å². The molecule has 0 spiro atoms. The molecule has 1 aliphatic heterocycles. The minimum absolute atomic E-state index is 1.01. The van der Waals surface area contributed by atoms with Crippen molar-refractivity contribution in [2.75, 3.05) is 18.1 Å². The van der Waals surface area contributed by atoms with E-state index in [-0.39, 0.29) is 0 Å². The zero-order chi connectivity index (χ0) is 7.11. The molecule has 1 fully saturated rings. The molecule has 0 aromatic heterocycles. The van der Waals surface area contributed by atoms with Crippen molar-refractivity contribution in [1.29, 1.82) is 0 Å². The second-order valence-corrected chi connectivity index (χ2v) is 3.00. The highest BCUT2D eigenvalue weighted by Gasteiger charge is 2.00. The molecule has 0 bridgehead atoms. The van der Waals surface area contributed by atoms with Crippen LogP contribution in [0.5, 0.6) is 0 Å². The molecule has 0 radical (unpaired) electrons. The molecule has 0 aromatic rings. The van der Waals surface area contributed by atoms with Gasteiger partial charge in [-0.05, 0) is 0 Å². The summed E-state index contributed by atoms with van der Waals surface area (Å²) in [5.74, 6) is 2.23. The van der Waals surface area contributed by atoms with Gasteiger partial charge >= 0.3 is 0 Å². The van der Waals surface area contributed by atoms with E-state index >= 15 is 0 Å². The highest BCUT2D eigenvalue weighted by Crippen LogP contribution is 2.02. The van der Waals surface area contributed by atoms with E-state index in [1.807, 2.05) is 25.6 Å². The third kappa shape index (κ3) is 4.73. The van der Waals surface area contributed by atoms with E-state index in [2.05, 4.69) is 5.32 Å². The Labute approximate surface area is 66.6 Å². The van der Waals surface area contributed by atoms with Crippen molar-refractivity contribution in [3.05, 3.63) is 0 Å². The van der Waals surface area contributed by atoms with Crippen molar-refractivity contribution < 1.29 is 0 Å². The maximum absolute atomic E-state index is 4.87. The predicted octanol–water partition coefficient (Wildman–Crippen LogP) is 1.68. The summed E-state index contributed by atoms with van der Waals surface area (Å²) >= 11 is 6.77. The van der Waals surface area contributed by atoms with Gasteiger partial charge in [0.05, 0.1) is 4.99 Å². The standard InChI is InChI=1S/C4H7NS2.C2H6/c6-4-3-7-2-1-5-4;1-2/h1-3H2,(H,5,6);1-2H3. The van der Waals surface area contributed by atoms with Gasteiger partial charge in [0, 0.05) is 18.1 Å². The Morgan fingerprint density at radius 3 is 2.44 bits per heavy atom. The summed E-state index contributed by atoms with van der Waals surface area (Å²) in [6.07, 6.45) is 0. The van der Waals surface area contributed by atoms with E-state index in [0.717, 1.165) is 17.3 Å². The molecule has 0 amide bonds. The largest absolute Gasteiger partial charge is 0.378 e. The van der Waals surface area contributed by atoms with Gasteiger partial charge < -0.3 is 5.32 Å². The molecule has 0 atom stereocenters. The Morgan fingerprint density at radius 1 is 1.56 bits per heavy atom. The lowest BCUT2D eigenvalue weighted by Gasteiger charge is -2.11. The molecule has 0 aromatic carbocycles. The molecule has 0 saturated carbocycles. The van der Waals surface area contributed by atoms with Crippen LogP contribution in [0, 0.1) is 0 Å². The summed E-state index contributed by atoms with van der Waals surface area (Å²) in [6.45, 7) is 5.06. The van der Waals surface area contributed by atoms with E-state index < -0.39 is 0 Å². The zero-order valence-corrected chi connectivity index (χ0v) is 7.57. The van der Waals surface area contributed by atoms with Crippen LogP contribution < -0.4 is 5.32 Å². The van der Waals surface area contributed by atoms with Gasteiger partial charge in [0.25, 0.3) is 0 Å². The average molecular weight is 163 g/mol. The van der Waals surface area contributed by atoms with Crippen LogP contribution in [0.4, 0.5) is 0 Å². The van der Waals surface area contributed by atoms with E-state index in [0.29, 0.717) is 0 Å². The Balaban J connectivity index is 0.000000291. The van der Waals surface area contributed by atoms with Gasteiger partial charge in [-0.1, -0.05) is 26.1 Å². The SMILES string of the molecule is CC.S=C1CSCCN1. The summed E-state index contributed by atoms with van der Waals surface area (Å²) in [5, 5.41) is 3.09. The van der Waals surface area contributed by atoms with Gasteiger partial charge in [-0.15, -0.1) is 0 Å². The number of nitrogens with one attached hydrogen (secondary N) is 1. The minimum Gasteiger partial charge on any atom is -0.378 e. The third-order valence-corrected chi connectivity index (χ3v) is 2.26. The van der Waals surface area contributed by atoms with Crippen LogP contribution in [0.3, 0.4) is 0 Å². The van der Waals surface area contributed by atoms with Crippen LogP contribution in [0.2, 0.25) is 0 Å². The second-order valence-electron chi connectivity index (χ2n) is 1.40. The first-order valence-electron chi connectivity index (χ1n) is 3.24. The molecule has 1 saturated heterocycles. The molecule has 1 nitrogen and oxygen atoms in total. The van der Waals surface area contributed by atoms with Gasteiger partial charge in [0.2, 0.25) is 0 Å². The van der Waals surface area contributed by atoms with Crippen molar-refractivity contribution in [2.45, 2.75) is 13.8 Å². The van der Waals surface area contributed by atoms with Crippen LogP contribution in [-0.4, -0.2) is 23.0 Å². The molecular weight excluding hydrogens is 150 g/mol. The fourth-order valence-corrected chi connectivity index (χ4v) is 1.51. The molecule has 0 aliphatic carbocycles.